The van der Waals surface area contributed by atoms with Gasteiger partial charge in [-0.05, 0) is 51.3 Å². The van der Waals surface area contributed by atoms with E-state index in [2.05, 4.69) is 16.8 Å². The van der Waals surface area contributed by atoms with Crippen molar-refractivity contribution in [1.29, 1.82) is 0 Å². The van der Waals surface area contributed by atoms with Crippen LogP contribution < -0.4 is 10.7 Å². The Kier molecular flexibility index (Phi) is 6.18. The van der Waals surface area contributed by atoms with Crippen LogP contribution in [0.15, 0.2) is 29.1 Å². The Morgan fingerprint density at radius 1 is 1.12 bits per heavy atom. The van der Waals surface area contributed by atoms with Gasteiger partial charge in [-0.2, -0.15) is 0 Å². The fraction of sp³-hybridized carbons (Fsp3) is 0.429. The van der Waals surface area contributed by atoms with Gasteiger partial charge in [0.05, 0.1) is 0 Å². The molecule has 0 bridgehead atoms. The standard InChI is InChI=1S/C21H28N2O2/c1-6-7-8-12-23-15(3)13-19(24)20(17(23)5)21(25)22-18-11-9-10-14(2)16(18)4/h9-11,13H,6-8,12H2,1-5H3,(H,22,25). The summed E-state index contributed by atoms with van der Waals surface area (Å²) >= 11 is 0. The molecule has 0 unspecified atom stereocenters. The van der Waals surface area contributed by atoms with E-state index in [1.807, 2.05) is 45.9 Å². The van der Waals surface area contributed by atoms with Gasteiger partial charge in [0.2, 0.25) is 0 Å². The molecule has 134 valence electrons. The van der Waals surface area contributed by atoms with Crippen LogP contribution in [-0.4, -0.2) is 10.5 Å². The third-order valence-electron chi connectivity index (χ3n) is 4.84. The van der Waals surface area contributed by atoms with Crippen LogP contribution in [0.1, 0.15) is 59.1 Å². The van der Waals surface area contributed by atoms with Crippen molar-refractivity contribution in [2.45, 2.75) is 60.4 Å². The number of benzene rings is 1. The largest absolute Gasteiger partial charge is 0.348 e. The van der Waals surface area contributed by atoms with Gasteiger partial charge in [0, 0.05) is 29.7 Å². The Morgan fingerprint density at radius 2 is 1.84 bits per heavy atom. The van der Waals surface area contributed by atoms with Gasteiger partial charge in [-0.1, -0.05) is 31.9 Å². The SMILES string of the molecule is CCCCCn1c(C)cc(=O)c(C(=O)Nc2cccc(C)c2C)c1C. The highest BCUT2D eigenvalue weighted by Gasteiger charge is 2.18. The van der Waals surface area contributed by atoms with Crippen LogP contribution in [0.2, 0.25) is 0 Å². The second-order valence-electron chi connectivity index (χ2n) is 6.67. The van der Waals surface area contributed by atoms with Crippen molar-refractivity contribution in [1.82, 2.24) is 4.57 Å². The van der Waals surface area contributed by atoms with E-state index in [0.717, 1.165) is 54.0 Å². The highest BCUT2D eigenvalue weighted by molar-refractivity contribution is 6.05. The normalized spacial score (nSPS) is 10.8. The molecule has 25 heavy (non-hydrogen) atoms. The molecule has 0 saturated heterocycles. The number of nitrogens with one attached hydrogen (secondary N) is 1. The molecule has 1 N–H and O–H groups in total. The van der Waals surface area contributed by atoms with Gasteiger partial charge in [-0.3, -0.25) is 9.59 Å². The molecule has 2 aromatic rings. The maximum Gasteiger partial charge on any atom is 0.261 e. The molecule has 4 nitrogen and oxygen atoms in total. The van der Waals surface area contributed by atoms with E-state index < -0.39 is 0 Å². The van der Waals surface area contributed by atoms with Crippen molar-refractivity contribution in [2.24, 2.45) is 0 Å². The highest BCUT2D eigenvalue weighted by Crippen LogP contribution is 2.19. The van der Waals surface area contributed by atoms with Gasteiger partial charge in [0.15, 0.2) is 5.43 Å². The van der Waals surface area contributed by atoms with Crippen LogP contribution >= 0.6 is 0 Å². The van der Waals surface area contributed by atoms with Crippen molar-refractivity contribution >= 4 is 11.6 Å². The molecule has 0 spiro atoms. The smallest absolute Gasteiger partial charge is 0.261 e. The summed E-state index contributed by atoms with van der Waals surface area (Å²) in [4.78, 5) is 25.2. The number of amides is 1. The van der Waals surface area contributed by atoms with Crippen molar-refractivity contribution < 1.29 is 4.79 Å². The Hall–Kier alpha value is -2.36. The number of nitrogens with zero attached hydrogens (tertiary/aromatic N) is 1. The summed E-state index contributed by atoms with van der Waals surface area (Å²) < 4.78 is 2.08. The first-order chi connectivity index (χ1) is 11.9. The second-order valence-corrected chi connectivity index (χ2v) is 6.67. The van der Waals surface area contributed by atoms with E-state index in [4.69, 9.17) is 0 Å². The van der Waals surface area contributed by atoms with E-state index in [1.54, 1.807) is 6.07 Å². The number of hydrogen-bond donors (Lipinski definition) is 1. The molecule has 0 aliphatic heterocycles. The molecule has 0 fully saturated rings. The van der Waals surface area contributed by atoms with Gasteiger partial charge in [-0.15, -0.1) is 0 Å². The van der Waals surface area contributed by atoms with E-state index in [1.165, 1.54) is 0 Å². The Labute approximate surface area is 149 Å². The molecule has 1 heterocycles. The molecule has 1 amide bonds. The minimum absolute atomic E-state index is 0.218. The third kappa shape index (κ3) is 4.19. The van der Waals surface area contributed by atoms with Gasteiger partial charge < -0.3 is 9.88 Å². The summed E-state index contributed by atoms with van der Waals surface area (Å²) in [6, 6.07) is 7.34. The lowest BCUT2D eigenvalue weighted by Gasteiger charge is -2.18. The van der Waals surface area contributed by atoms with Gasteiger partial charge >= 0.3 is 0 Å². The molecule has 0 aliphatic rings. The fourth-order valence-electron chi connectivity index (χ4n) is 3.13. The molecule has 2 rings (SSSR count). The number of rotatable bonds is 6. The average molecular weight is 340 g/mol. The molecule has 4 heteroatoms. The van der Waals surface area contributed by atoms with Crippen LogP contribution in [0.4, 0.5) is 5.69 Å². The number of pyridine rings is 1. The monoisotopic (exact) mass is 340 g/mol. The van der Waals surface area contributed by atoms with Gasteiger partial charge in [0.1, 0.15) is 5.56 Å². The zero-order valence-corrected chi connectivity index (χ0v) is 15.9. The lowest BCUT2D eigenvalue weighted by Crippen LogP contribution is -2.27. The Morgan fingerprint density at radius 3 is 2.52 bits per heavy atom. The van der Waals surface area contributed by atoms with E-state index >= 15 is 0 Å². The predicted molar refractivity (Wildman–Crippen MR) is 104 cm³/mol. The minimum atomic E-state index is -0.333. The molecule has 1 aromatic carbocycles. The van der Waals surface area contributed by atoms with E-state index in [-0.39, 0.29) is 16.9 Å². The molecule has 0 aliphatic carbocycles. The number of carbonyl (C=O) groups is 1. The summed E-state index contributed by atoms with van der Waals surface area (Å²) in [5.74, 6) is -0.333. The van der Waals surface area contributed by atoms with Gasteiger partial charge in [-0.25, -0.2) is 0 Å². The van der Waals surface area contributed by atoms with Crippen molar-refractivity contribution in [3.8, 4) is 0 Å². The van der Waals surface area contributed by atoms with Crippen molar-refractivity contribution in [3.63, 3.8) is 0 Å². The van der Waals surface area contributed by atoms with Crippen LogP contribution in [-0.2, 0) is 6.54 Å². The first kappa shape index (κ1) is 19.0. The summed E-state index contributed by atoms with van der Waals surface area (Å²) in [5, 5.41) is 2.91. The maximum atomic E-state index is 12.8. The molecule has 0 radical (unpaired) electrons. The molecule has 1 aromatic heterocycles. The first-order valence-electron chi connectivity index (χ1n) is 8.95. The number of aryl methyl sites for hydroxylation is 2. The summed E-state index contributed by atoms with van der Waals surface area (Å²) in [5.41, 5.74) is 4.54. The summed E-state index contributed by atoms with van der Waals surface area (Å²) in [6.07, 6.45) is 3.31. The van der Waals surface area contributed by atoms with Gasteiger partial charge in [0.25, 0.3) is 5.91 Å². The Balaban J connectivity index is 2.37. The quantitative estimate of drug-likeness (QED) is 0.786. The Bertz CT molecular complexity index is 835. The lowest BCUT2D eigenvalue weighted by atomic mass is 10.1. The predicted octanol–water partition coefficient (Wildman–Crippen LogP) is 4.52. The minimum Gasteiger partial charge on any atom is -0.348 e. The fourth-order valence-corrected chi connectivity index (χ4v) is 3.13. The topological polar surface area (TPSA) is 51.1 Å². The number of unbranched alkanes of at least 4 members (excludes halogenated alkanes) is 2. The number of carbonyl (C=O) groups excluding carboxylic acids is 1. The number of hydrogen-bond acceptors (Lipinski definition) is 2. The van der Waals surface area contributed by atoms with E-state index in [9.17, 15) is 9.59 Å². The number of anilines is 1. The van der Waals surface area contributed by atoms with Crippen LogP contribution in [0.5, 0.6) is 0 Å². The van der Waals surface area contributed by atoms with Crippen molar-refractivity contribution in [3.05, 3.63) is 62.6 Å². The maximum absolute atomic E-state index is 12.8. The number of aromatic nitrogens is 1. The van der Waals surface area contributed by atoms with Crippen LogP contribution in [0, 0.1) is 27.7 Å². The highest BCUT2D eigenvalue weighted by atomic mass is 16.2. The lowest BCUT2D eigenvalue weighted by molar-refractivity contribution is 0.102. The molecular weight excluding hydrogens is 312 g/mol. The molecule has 0 atom stereocenters. The average Bonchev–Trinajstić information content (AvgIpc) is 2.54. The zero-order chi connectivity index (χ0) is 18.6. The zero-order valence-electron chi connectivity index (χ0n) is 15.9. The molecule has 0 saturated carbocycles. The van der Waals surface area contributed by atoms with Crippen LogP contribution in [0.3, 0.4) is 0 Å². The first-order valence-corrected chi connectivity index (χ1v) is 8.95. The third-order valence-corrected chi connectivity index (χ3v) is 4.84. The summed E-state index contributed by atoms with van der Waals surface area (Å²) in [6.45, 7) is 10.7. The summed E-state index contributed by atoms with van der Waals surface area (Å²) in [7, 11) is 0. The second kappa shape index (κ2) is 8.15. The molecular formula is C21H28N2O2. The van der Waals surface area contributed by atoms with Crippen LogP contribution in [0.25, 0.3) is 0 Å². The van der Waals surface area contributed by atoms with E-state index in [0.29, 0.717) is 0 Å². The van der Waals surface area contributed by atoms with Crippen molar-refractivity contribution in [2.75, 3.05) is 5.32 Å².